The van der Waals surface area contributed by atoms with Crippen LogP contribution in [-0.4, -0.2) is 25.2 Å². The number of nitrogens with zero attached hydrogens (tertiary/aromatic N) is 1. The minimum atomic E-state index is -3.66. The first-order valence-electron chi connectivity index (χ1n) is 5.97. The molecule has 0 saturated heterocycles. The van der Waals surface area contributed by atoms with Crippen LogP contribution in [0.15, 0.2) is 23.1 Å². The van der Waals surface area contributed by atoms with E-state index in [4.69, 9.17) is 5.73 Å². The SMILES string of the molecule is Nc1ccc2c(c1)C(=O)N(CC1CCC1)S2(=O)=O. The fourth-order valence-electron chi connectivity index (χ4n) is 2.39. The van der Waals surface area contributed by atoms with Crippen LogP contribution in [-0.2, 0) is 10.0 Å². The number of benzene rings is 1. The largest absolute Gasteiger partial charge is 0.399 e. The lowest BCUT2D eigenvalue weighted by Gasteiger charge is -2.29. The van der Waals surface area contributed by atoms with Gasteiger partial charge in [-0.15, -0.1) is 0 Å². The molecule has 0 unspecified atom stereocenters. The molecule has 6 heteroatoms. The van der Waals surface area contributed by atoms with Crippen LogP contribution < -0.4 is 5.73 Å². The summed E-state index contributed by atoms with van der Waals surface area (Å²) >= 11 is 0. The number of nitrogen functional groups attached to an aromatic ring is 1. The second-order valence-electron chi connectivity index (χ2n) is 4.89. The first kappa shape index (κ1) is 11.5. The van der Waals surface area contributed by atoms with Gasteiger partial charge in [-0.2, -0.15) is 0 Å². The van der Waals surface area contributed by atoms with Crippen LogP contribution in [0.3, 0.4) is 0 Å². The molecule has 0 bridgehead atoms. The summed E-state index contributed by atoms with van der Waals surface area (Å²) in [6, 6.07) is 4.37. The highest BCUT2D eigenvalue weighted by Gasteiger charge is 2.42. The molecule has 0 spiro atoms. The van der Waals surface area contributed by atoms with E-state index in [2.05, 4.69) is 0 Å². The molecule has 1 aliphatic carbocycles. The maximum Gasteiger partial charge on any atom is 0.269 e. The van der Waals surface area contributed by atoms with Gasteiger partial charge in [-0.3, -0.25) is 4.79 Å². The van der Waals surface area contributed by atoms with E-state index in [1.165, 1.54) is 18.2 Å². The van der Waals surface area contributed by atoms with Crippen LogP contribution in [0.4, 0.5) is 5.69 Å². The van der Waals surface area contributed by atoms with E-state index in [9.17, 15) is 13.2 Å². The molecule has 1 fully saturated rings. The Hall–Kier alpha value is -1.56. The molecule has 1 aromatic carbocycles. The van der Waals surface area contributed by atoms with Crippen molar-refractivity contribution in [2.24, 2.45) is 5.92 Å². The minimum absolute atomic E-state index is 0.0843. The lowest BCUT2D eigenvalue weighted by atomic mass is 9.85. The smallest absolute Gasteiger partial charge is 0.269 e. The van der Waals surface area contributed by atoms with E-state index >= 15 is 0 Å². The molecule has 0 aromatic heterocycles. The summed E-state index contributed by atoms with van der Waals surface area (Å²) in [5, 5.41) is 0. The van der Waals surface area contributed by atoms with Gasteiger partial charge >= 0.3 is 0 Å². The highest BCUT2D eigenvalue weighted by molar-refractivity contribution is 7.90. The first-order valence-corrected chi connectivity index (χ1v) is 7.41. The van der Waals surface area contributed by atoms with Crippen molar-refractivity contribution in [3.8, 4) is 0 Å². The zero-order chi connectivity index (χ0) is 12.9. The van der Waals surface area contributed by atoms with Crippen LogP contribution in [0.5, 0.6) is 0 Å². The van der Waals surface area contributed by atoms with Crippen LogP contribution in [0.2, 0.25) is 0 Å². The van der Waals surface area contributed by atoms with Crippen molar-refractivity contribution in [2.75, 3.05) is 12.3 Å². The third-order valence-corrected chi connectivity index (χ3v) is 5.48. The van der Waals surface area contributed by atoms with Crippen molar-refractivity contribution in [1.29, 1.82) is 0 Å². The molecule has 3 rings (SSSR count). The molecular formula is C12H14N2O3S. The average molecular weight is 266 g/mol. The quantitative estimate of drug-likeness (QED) is 0.816. The maximum absolute atomic E-state index is 12.2. The maximum atomic E-state index is 12.2. The zero-order valence-electron chi connectivity index (χ0n) is 9.80. The number of carbonyl (C=O) groups is 1. The minimum Gasteiger partial charge on any atom is -0.399 e. The predicted octanol–water partition coefficient (Wildman–Crippen LogP) is 1.21. The lowest BCUT2D eigenvalue weighted by molar-refractivity contribution is 0.0839. The van der Waals surface area contributed by atoms with Crippen LogP contribution >= 0.6 is 0 Å². The van der Waals surface area contributed by atoms with Gasteiger partial charge in [-0.25, -0.2) is 12.7 Å². The van der Waals surface area contributed by atoms with Crippen molar-refractivity contribution >= 4 is 21.6 Å². The number of amides is 1. The Morgan fingerprint density at radius 3 is 2.67 bits per heavy atom. The molecule has 1 aliphatic heterocycles. The lowest BCUT2D eigenvalue weighted by Crippen LogP contribution is -2.36. The highest BCUT2D eigenvalue weighted by Crippen LogP contribution is 2.35. The van der Waals surface area contributed by atoms with Gasteiger partial charge in [0.2, 0.25) is 0 Å². The molecule has 0 atom stereocenters. The third-order valence-electron chi connectivity index (χ3n) is 3.68. The molecule has 2 N–H and O–H groups in total. The summed E-state index contributed by atoms with van der Waals surface area (Å²) in [6.07, 6.45) is 3.11. The summed E-state index contributed by atoms with van der Waals surface area (Å²) in [5.41, 5.74) is 6.21. The highest BCUT2D eigenvalue weighted by atomic mass is 32.2. The number of rotatable bonds is 2. The molecule has 1 heterocycles. The predicted molar refractivity (Wildman–Crippen MR) is 66.4 cm³/mol. The fraction of sp³-hybridized carbons (Fsp3) is 0.417. The summed E-state index contributed by atoms with van der Waals surface area (Å²) in [6.45, 7) is 0.301. The number of hydrogen-bond donors (Lipinski definition) is 1. The molecule has 18 heavy (non-hydrogen) atoms. The number of nitrogens with two attached hydrogens (primary N) is 1. The summed E-state index contributed by atoms with van der Waals surface area (Å²) in [5.74, 6) is -0.125. The van der Waals surface area contributed by atoms with E-state index in [-0.39, 0.29) is 10.5 Å². The van der Waals surface area contributed by atoms with Crippen LogP contribution in [0.1, 0.15) is 29.6 Å². The molecule has 1 amide bonds. The van der Waals surface area contributed by atoms with Gasteiger partial charge in [0.1, 0.15) is 4.90 Å². The Morgan fingerprint density at radius 2 is 2.06 bits per heavy atom. The topological polar surface area (TPSA) is 80.5 Å². The van der Waals surface area contributed by atoms with Crippen molar-refractivity contribution in [3.05, 3.63) is 23.8 Å². The number of hydrogen-bond acceptors (Lipinski definition) is 4. The monoisotopic (exact) mass is 266 g/mol. The van der Waals surface area contributed by atoms with Crippen LogP contribution in [0.25, 0.3) is 0 Å². The Kier molecular flexibility index (Phi) is 2.38. The normalized spacial score (nSPS) is 21.8. The van der Waals surface area contributed by atoms with E-state index in [0.717, 1.165) is 23.6 Å². The number of anilines is 1. The molecule has 1 saturated carbocycles. The number of fused-ring (bicyclic) bond motifs is 1. The van der Waals surface area contributed by atoms with Crippen LogP contribution in [0, 0.1) is 5.92 Å². The zero-order valence-corrected chi connectivity index (χ0v) is 10.6. The van der Waals surface area contributed by atoms with Gasteiger partial charge in [0.05, 0.1) is 5.56 Å². The summed E-state index contributed by atoms with van der Waals surface area (Å²) in [7, 11) is -3.66. The third kappa shape index (κ3) is 1.52. The second kappa shape index (κ2) is 3.71. The number of sulfonamides is 1. The van der Waals surface area contributed by atoms with Crippen molar-refractivity contribution < 1.29 is 13.2 Å². The van der Waals surface area contributed by atoms with Gasteiger partial charge in [0.15, 0.2) is 0 Å². The van der Waals surface area contributed by atoms with Gasteiger partial charge in [0.25, 0.3) is 15.9 Å². The van der Waals surface area contributed by atoms with E-state index in [1.54, 1.807) is 0 Å². The molecule has 0 radical (unpaired) electrons. The van der Waals surface area contributed by atoms with Crippen molar-refractivity contribution in [2.45, 2.75) is 24.2 Å². The first-order chi connectivity index (χ1) is 8.50. The van der Waals surface area contributed by atoms with E-state index in [0.29, 0.717) is 18.2 Å². The average Bonchev–Trinajstić information content (AvgIpc) is 2.42. The molecule has 5 nitrogen and oxygen atoms in total. The molecular weight excluding hydrogens is 252 g/mol. The Labute approximate surface area is 106 Å². The van der Waals surface area contributed by atoms with Gasteiger partial charge in [-0.1, -0.05) is 6.42 Å². The second-order valence-corrected chi connectivity index (χ2v) is 6.72. The van der Waals surface area contributed by atoms with Gasteiger partial charge < -0.3 is 5.73 Å². The molecule has 96 valence electrons. The molecule has 2 aliphatic rings. The fourth-order valence-corrected chi connectivity index (χ4v) is 4.02. The summed E-state index contributed by atoms with van der Waals surface area (Å²) < 4.78 is 25.5. The van der Waals surface area contributed by atoms with Gasteiger partial charge in [-0.05, 0) is 37.0 Å². The standard InChI is InChI=1S/C12H14N2O3S/c13-9-4-5-11-10(6-9)12(15)14(18(11,16)17)7-8-2-1-3-8/h4-6,8H,1-3,7,13H2. The van der Waals surface area contributed by atoms with Crippen molar-refractivity contribution in [1.82, 2.24) is 4.31 Å². The number of carbonyl (C=O) groups excluding carboxylic acids is 1. The van der Waals surface area contributed by atoms with Crippen molar-refractivity contribution in [3.63, 3.8) is 0 Å². The Bertz CT molecular complexity index is 620. The summed E-state index contributed by atoms with van der Waals surface area (Å²) in [4.78, 5) is 12.2. The van der Waals surface area contributed by atoms with E-state index in [1.807, 2.05) is 0 Å². The molecule has 1 aromatic rings. The Balaban J connectivity index is 2.02. The Morgan fingerprint density at radius 1 is 1.33 bits per heavy atom. The van der Waals surface area contributed by atoms with E-state index < -0.39 is 15.9 Å². The van der Waals surface area contributed by atoms with Gasteiger partial charge in [0, 0.05) is 12.2 Å².